The van der Waals surface area contributed by atoms with Gasteiger partial charge in [-0.15, -0.1) is 0 Å². The Morgan fingerprint density at radius 3 is 2.54 bits per heavy atom. The predicted molar refractivity (Wildman–Crippen MR) is 55.8 cm³/mol. The van der Waals surface area contributed by atoms with Gasteiger partial charge in [-0.2, -0.15) is 0 Å². The molecule has 1 aromatic heterocycles. The van der Waals surface area contributed by atoms with E-state index in [0.29, 0.717) is 0 Å². The molecule has 0 aliphatic heterocycles. The summed E-state index contributed by atoms with van der Waals surface area (Å²) in [6.07, 6.45) is 7.64. The summed E-state index contributed by atoms with van der Waals surface area (Å²) in [6, 6.07) is 0. The topological polar surface area (TPSA) is 17.8 Å². The molecule has 74 valence electrons. The number of hydrogen-bond acceptors (Lipinski definition) is 1. The van der Waals surface area contributed by atoms with Crippen molar-refractivity contribution < 1.29 is 0 Å². The van der Waals surface area contributed by atoms with Gasteiger partial charge in [0.05, 0.1) is 12.0 Å². The van der Waals surface area contributed by atoms with Gasteiger partial charge in [-0.05, 0) is 12.8 Å². The summed E-state index contributed by atoms with van der Waals surface area (Å²) in [7, 11) is 2.03. The van der Waals surface area contributed by atoms with Gasteiger partial charge in [0.25, 0.3) is 0 Å². The zero-order valence-corrected chi connectivity index (χ0v) is 9.17. The van der Waals surface area contributed by atoms with Crippen molar-refractivity contribution in [1.29, 1.82) is 0 Å². The summed E-state index contributed by atoms with van der Waals surface area (Å²) < 4.78 is 2.03. The monoisotopic (exact) mass is 180 g/mol. The van der Waals surface area contributed by atoms with E-state index in [-0.39, 0.29) is 5.41 Å². The van der Waals surface area contributed by atoms with E-state index < -0.39 is 0 Å². The Morgan fingerprint density at radius 2 is 2.15 bits per heavy atom. The van der Waals surface area contributed by atoms with Crippen LogP contribution in [0.4, 0.5) is 0 Å². The van der Waals surface area contributed by atoms with Crippen LogP contribution < -0.4 is 0 Å². The summed E-state index contributed by atoms with van der Waals surface area (Å²) in [6.45, 7) is 6.78. The van der Waals surface area contributed by atoms with Crippen molar-refractivity contribution in [2.75, 3.05) is 0 Å². The number of nitrogens with zero attached hydrogens (tertiary/aromatic N) is 2. The third-order valence-corrected chi connectivity index (χ3v) is 2.91. The molecule has 0 saturated carbocycles. The highest BCUT2D eigenvalue weighted by Crippen LogP contribution is 2.30. The fourth-order valence-corrected chi connectivity index (χ4v) is 1.76. The first kappa shape index (κ1) is 10.3. The summed E-state index contributed by atoms with van der Waals surface area (Å²) in [5.74, 6) is 0. The van der Waals surface area contributed by atoms with Gasteiger partial charge < -0.3 is 4.57 Å². The maximum Gasteiger partial charge on any atom is 0.0947 e. The molecule has 1 heterocycles. The largest absolute Gasteiger partial charge is 0.340 e. The van der Waals surface area contributed by atoms with E-state index in [1.54, 1.807) is 0 Å². The molecule has 0 N–H and O–H groups in total. The van der Waals surface area contributed by atoms with Gasteiger partial charge in [-0.1, -0.05) is 27.2 Å². The Labute approximate surface area is 81.0 Å². The average Bonchev–Trinajstić information content (AvgIpc) is 2.52. The molecule has 13 heavy (non-hydrogen) atoms. The second-order valence-corrected chi connectivity index (χ2v) is 4.09. The molecule has 1 atom stereocenters. The Kier molecular flexibility index (Phi) is 3.12. The predicted octanol–water partition coefficient (Wildman–Crippen LogP) is 2.89. The van der Waals surface area contributed by atoms with Crippen LogP contribution in [0.1, 0.15) is 45.7 Å². The van der Waals surface area contributed by atoms with Crippen LogP contribution in [0.15, 0.2) is 12.5 Å². The second-order valence-electron chi connectivity index (χ2n) is 4.09. The van der Waals surface area contributed by atoms with Crippen LogP contribution in [0.2, 0.25) is 0 Å². The minimum absolute atomic E-state index is 0.274. The maximum absolute atomic E-state index is 4.44. The lowest BCUT2D eigenvalue weighted by Crippen LogP contribution is -2.20. The normalized spacial score (nSPS) is 15.7. The summed E-state index contributed by atoms with van der Waals surface area (Å²) >= 11 is 0. The molecule has 1 aromatic rings. The first-order valence-electron chi connectivity index (χ1n) is 5.11. The molecule has 0 aliphatic rings. The molecular formula is C11H20N2. The van der Waals surface area contributed by atoms with E-state index >= 15 is 0 Å². The Hall–Kier alpha value is -0.790. The molecule has 0 bridgehead atoms. The molecule has 1 unspecified atom stereocenters. The lowest BCUT2D eigenvalue weighted by Gasteiger charge is -2.25. The van der Waals surface area contributed by atoms with Gasteiger partial charge in [0, 0.05) is 18.7 Å². The van der Waals surface area contributed by atoms with E-state index in [1.807, 2.05) is 17.9 Å². The zero-order valence-electron chi connectivity index (χ0n) is 9.17. The molecule has 0 aliphatic carbocycles. The fourth-order valence-electron chi connectivity index (χ4n) is 1.76. The summed E-state index contributed by atoms with van der Waals surface area (Å²) in [5, 5.41) is 0. The van der Waals surface area contributed by atoms with Gasteiger partial charge in [0.2, 0.25) is 0 Å². The van der Waals surface area contributed by atoms with Crippen molar-refractivity contribution in [2.24, 2.45) is 7.05 Å². The van der Waals surface area contributed by atoms with Crippen molar-refractivity contribution >= 4 is 0 Å². The van der Waals surface area contributed by atoms with Crippen LogP contribution in [-0.4, -0.2) is 9.55 Å². The minimum Gasteiger partial charge on any atom is -0.340 e. The van der Waals surface area contributed by atoms with Crippen LogP contribution >= 0.6 is 0 Å². The molecule has 1 rings (SSSR count). The number of aromatic nitrogens is 2. The van der Waals surface area contributed by atoms with Gasteiger partial charge in [-0.3, -0.25) is 0 Å². The average molecular weight is 180 g/mol. The quantitative estimate of drug-likeness (QED) is 0.696. The first-order valence-corrected chi connectivity index (χ1v) is 5.11. The molecule has 0 radical (unpaired) electrons. The lowest BCUT2D eigenvalue weighted by atomic mass is 9.80. The van der Waals surface area contributed by atoms with Gasteiger partial charge >= 0.3 is 0 Å². The maximum atomic E-state index is 4.44. The van der Waals surface area contributed by atoms with E-state index in [9.17, 15) is 0 Å². The van der Waals surface area contributed by atoms with Crippen molar-refractivity contribution in [3.63, 3.8) is 0 Å². The Bertz CT molecular complexity index is 265. The molecule has 0 amide bonds. The zero-order chi connectivity index (χ0) is 9.90. The molecule has 2 heteroatoms. The number of hydrogen-bond donors (Lipinski definition) is 0. The highest BCUT2D eigenvalue weighted by molar-refractivity contribution is 5.11. The Balaban J connectivity index is 2.88. The molecule has 2 nitrogen and oxygen atoms in total. The minimum atomic E-state index is 0.274. The number of aryl methyl sites for hydroxylation is 1. The molecule has 0 spiro atoms. The summed E-state index contributed by atoms with van der Waals surface area (Å²) in [5.41, 5.74) is 1.51. The Morgan fingerprint density at radius 1 is 1.46 bits per heavy atom. The molecule has 0 fully saturated rings. The highest BCUT2D eigenvalue weighted by atomic mass is 15.0. The number of imidazole rings is 1. The molecule has 0 aromatic carbocycles. The van der Waals surface area contributed by atoms with E-state index in [4.69, 9.17) is 0 Å². The first-order chi connectivity index (χ1) is 6.12. The molecule has 0 saturated heterocycles. The van der Waals surface area contributed by atoms with Gasteiger partial charge in [-0.25, -0.2) is 4.98 Å². The third kappa shape index (κ3) is 2.11. The number of rotatable bonds is 4. The van der Waals surface area contributed by atoms with E-state index in [1.165, 1.54) is 18.5 Å². The van der Waals surface area contributed by atoms with Crippen molar-refractivity contribution in [3.8, 4) is 0 Å². The summed E-state index contributed by atoms with van der Waals surface area (Å²) in [4.78, 5) is 4.44. The van der Waals surface area contributed by atoms with Crippen LogP contribution in [0.3, 0.4) is 0 Å². The van der Waals surface area contributed by atoms with Crippen molar-refractivity contribution in [1.82, 2.24) is 9.55 Å². The van der Waals surface area contributed by atoms with Crippen LogP contribution in [0.25, 0.3) is 0 Å². The molecular weight excluding hydrogens is 160 g/mol. The van der Waals surface area contributed by atoms with E-state index in [0.717, 1.165) is 6.42 Å². The van der Waals surface area contributed by atoms with Crippen molar-refractivity contribution in [2.45, 2.75) is 45.4 Å². The van der Waals surface area contributed by atoms with E-state index in [2.05, 4.69) is 32.0 Å². The fraction of sp³-hybridized carbons (Fsp3) is 0.727. The third-order valence-electron chi connectivity index (χ3n) is 2.91. The van der Waals surface area contributed by atoms with Crippen LogP contribution in [0.5, 0.6) is 0 Å². The van der Waals surface area contributed by atoms with Gasteiger partial charge in [0.15, 0.2) is 0 Å². The van der Waals surface area contributed by atoms with Crippen LogP contribution in [0, 0.1) is 0 Å². The van der Waals surface area contributed by atoms with Crippen molar-refractivity contribution in [3.05, 3.63) is 18.2 Å². The van der Waals surface area contributed by atoms with Gasteiger partial charge in [0.1, 0.15) is 0 Å². The lowest BCUT2D eigenvalue weighted by molar-refractivity contribution is 0.403. The second kappa shape index (κ2) is 3.95. The standard InChI is InChI=1S/C11H20N2/c1-5-7-11(3,6-2)10-8-13(4)9-12-10/h8-9H,5-7H2,1-4H3. The SMILES string of the molecule is CCCC(C)(CC)c1cn(C)cn1. The highest BCUT2D eigenvalue weighted by Gasteiger charge is 2.25. The van der Waals surface area contributed by atoms with Crippen LogP contribution in [-0.2, 0) is 12.5 Å². The smallest absolute Gasteiger partial charge is 0.0947 e.